The molecule has 2 aromatic carbocycles. The van der Waals surface area contributed by atoms with Gasteiger partial charge in [-0.2, -0.15) is 0 Å². The monoisotopic (exact) mass is 542 g/mol. The minimum atomic E-state index is -0.593. The number of hydrogen-bond donors (Lipinski definition) is 2. The Balaban J connectivity index is 1.75. The second-order valence-electron chi connectivity index (χ2n) is 6.44. The fraction of sp³-hybridized carbons (Fsp3) is 0.150. The molecule has 0 spiro atoms. The van der Waals surface area contributed by atoms with E-state index in [0.29, 0.717) is 31.6 Å². The van der Waals surface area contributed by atoms with Crippen molar-refractivity contribution >= 4 is 74.8 Å². The van der Waals surface area contributed by atoms with Crippen LogP contribution in [0.5, 0.6) is 5.75 Å². The Kier molecular flexibility index (Phi) is 6.55. The third kappa shape index (κ3) is 4.93. The maximum absolute atomic E-state index is 12.6. The number of anilines is 1. The topological polar surface area (TPSA) is 86.7 Å². The number of rotatable bonds is 4. The molecular formula is C20H16ClIN2O4S. The summed E-state index contributed by atoms with van der Waals surface area (Å²) in [5.74, 6) is -1.10. The lowest BCUT2D eigenvalue weighted by Crippen LogP contribution is -2.36. The number of hydrogen-bond acceptors (Lipinski definition) is 5. The first-order valence-electron chi connectivity index (χ1n) is 8.46. The summed E-state index contributed by atoms with van der Waals surface area (Å²) in [5, 5.41) is 12.7. The minimum absolute atomic E-state index is 0.0331. The average molecular weight is 543 g/mol. The van der Waals surface area contributed by atoms with Crippen LogP contribution >= 0.6 is 46.0 Å². The molecule has 0 bridgehead atoms. The van der Waals surface area contributed by atoms with Gasteiger partial charge >= 0.3 is 0 Å². The normalized spacial score (nSPS) is 15.3. The van der Waals surface area contributed by atoms with Crippen LogP contribution in [0.1, 0.15) is 16.7 Å². The molecule has 2 aromatic rings. The van der Waals surface area contributed by atoms with Gasteiger partial charge in [0.2, 0.25) is 5.91 Å². The van der Waals surface area contributed by atoms with Crippen LogP contribution in [-0.4, -0.2) is 33.6 Å². The number of imide groups is 1. The number of phenols is 1. The lowest BCUT2D eigenvalue weighted by Gasteiger charge is -2.13. The lowest BCUT2D eigenvalue weighted by molar-refractivity contribution is -0.127. The van der Waals surface area contributed by atoms with Gasteiger partial charge in [-0.3, -0.25) is 19.3 Å². The molecule has 0 radical (unpaired) electrons. The van der Waals surface area contributed by atoms with Crippen LogP contribution in [-0.2, 0) is 9.59 Å². The number of benzene rings is 2. The highest BCUT2D eigenvalue weighted by atomic mass is 127. The van der Waals surface area contributed by atoms with Crippen molar-refractivity contribution in [2.45, 2.75) is 13.8 Å². The molecule has 0 aromatic heterocycles. The summed E-state index contributed by atoms with van der Waals surface area (Å²) in [4.78, 5) is 38.2. The fourth-order valence-corrected chi connectivity index (χ4v) is 4.52. The minimum Gasteiger partial charge on any atom is -0.506 e. The highest BCUT2D eigenvalue weighted by Crippen LogP contribution is 2.36. The molecule has 1 heterocycles. The summed E-state index contributed by atoms with van der Waals surface area (Å²) >= 11 is 8.63. The zero-order valence-electron chi connectivity index (χ0n) is 15.5. The standard InChI is InChI=1S/C20H16ClIN2O4S/c1-10-3-4-14(5-11(10)2)23-17(25)9-24-19(27)16(29-20(24)28)7-12-6-13(21)8-15(22)18(12)26/h3-8,26H,9H2,1-2H3,(H,23,25)/b16-7+. The number of carbonyl (C=O) groups excluding carboxylic acids is 3. The van der Waals surface area contributed by atoms with Crippen LogP contribution in [0.25, 0.3) is 6.08 Å². The van der Waals surface area contributed by atoms with Gasteiger partial charge in [0.25, 0.3) is 11.1 Å². The first-order chi connectivity index (χ1) is 13.7. The molecule has 3 amide bonds. The molecule has 0 unspecified atom stereocenters. The maximum atomic E-state index is 12.6. The molecule has 0 atom stereocenters. The molecule has 9 heteroatoms. The Labute approximate surface area is 190 Å². The van der Waals surface area contributed by atoms with E-state index in [1.165, 1.54) is 12.1 Å². The van der Waals surface area contributed by atoms with E-state index in [1.54, 1.807) is 12.1 Å². The maximum Gasteiger partial charge on any atom is 0.294 e. The van der Waals surface area contributed by atoms with E-state index < -0.39 is 23.6 Å². The van der Waals surface area contributed by atoms with E-state index in [1.807, 2.05) is 48.6 Å². The van der Waals surface area contributed by atoms with Crippen molar-refractivity contribution in [3.05, 3.63) is 60.5 Å². The largest absolute Gasteiger partial charge is 0.506 e. The molecule has 150 valence electrons. The summed E-state index contributed by atoms with van der Waals surface area (Å²) in [5.41, 5.74) is 3.04. The molecule has 1 aliphatic rings. The van der Waals surface area contributed by atoms with Gasteiger partial charge < -0.3 is 10.4 Å². The molecular weight excluding hydrogens is 527 g/mol. The quantitative estimate of drug-likeness (QED) is 0.422. The number of nitrogens with one attached hydrogen (secondary N) is 1. The van der Waals surface area contributed by atoms with Crippen LogP contribution in [0.4, 0.5) is 10.5 Å². The second-order valence-corrected chi connectivity index (χ2v) is 9.03. The van der Waals surface area contributed by atoms with Gasteiger partial charge in [0, 0.05) is 16.3 Å². The summed E-state index contributed by atoms with van der Waals surface area (Å²) < 4.78 is 0.522. The number of amides is 3. The van der Waals surface area contributed by atoms with Crippen LogP contribution in [0, 0.1) is 17.4 Å². The Morgan fingerprint density at radius 2 is 1.97 bits per heavy atom. The smallest absolute Gasteiger partial charge is 0.294 e. The molecule has 29 heavy (non-hydrogen) atoms. The van der Waals surface area contributed by atoms with Gasteiger partial charge in [0.1, 0.15) is 12.3 Å². The van der Waals surface area contributed by atoms with E-state index in [-0.39, 0.29) is 10.7 Å². The highest BCUT2D eigenvalue weighted by Gasteiger charge is 2.36. The van der Waals surface area contributed by atoms with Crippen molar-refractivity contribution in [1.29, 1.82) is 0 Å². The van der Waals surface area contributed by atoms with Crippen molar-refractivity contribution in [3.8, 4) is 5.75 Å². The van der Waals surface area contributed by atoms with Gasteiger partial charge in [-0.15, -0.1) is 0 Å². The molecule has 1 aliphatic heterocycles. The van der Waals surface area contributed by atoms with Gasteiger partial charge in [-0.25, -0.2) is 0 Å². The van der Waals surface area contributed by atoms with E-state index >= 15 is 0 Å². The number of aryl methyl sites for hydroxylation is 2. The Hall–Kier alpha value is -2.04. The van der Waals surface area contributed by atoms with E-state index in [0.717, 1.165) is 16.0 Å². The molecule has 0 saturated carbocycles. The van der Waals surface area contributed by atoms with Crippen LogP contribution in [0.3, 0.4) is 0 Å². The van der Waals surface area contributed by atoms with Gasteiger partial charge in [-0.1, -0.05) is 17.7 Å². The Morgan fingerprint density at radius 1 is 1.24 bits per heavy atom. The number of halogens is 2. The van der Waals surface area contributed by atoms with E-state index in [2.05, 4.69) is 5.32 Å². The second kappa shape index (κ2) is 8.76. The number of thioether (sulfide) groups is 1. The van der Waals surface area contributed by atoms with Gasteiger partial charge in [0.05, 0.1) is 8.48 Å². The third-order valence-corrected chi connectivity index (χ3v) is 6.26. The summed E-state index contributed by atoms with van der Waals surface area (Å²) in [7, 11) is 0. The van der Waals surface area contributed by atoms with Crippen molar-refractivity contribution in [2.75, 3.05) is 11.9 Å². The lowest BCUT2D eigenvalue weighted by atomic mass is 10.1. The summed E-state index contributed by atoms with van der Waals surface area (Å²) in [6.07, 6.45) is 1.40. The zero-order valence-corrected chi connectivity index (χ0v) is 19.2. The number of phenolic OH excluding ortho intramolecular Hbond substituents is 1. The predicted molar refractivity (Wildman–Crippen MR) is 123 cm³/mol. The summed E-state index contributed by atoms with van der Waals surface area (Å²) in [6.45, 7) is 3.50. The van der Waals surface area contributed by atoms with E-state index in [4.69, 9.17) is 11.6 Å². The molecule has 1 saturated heterocycles. The molecule has 1 fully saturated rings. The highest BCUT2D eigenvalue weighted by molar-refractivity contribution is 14.1. The number of aromatic hydroxyl groups is 1. The van der Waals surface area contributed by atoms with Crippen LogP contribution < -0.4 is 5.32 Å². The average Bonchev–Trinajstić information content (AvgIpc) is 2.90. The number of carbonyl (C=O) groups is 3. The molecule has 0 aliphatic carbocycles. The molecule has 3 rings (SSSR count). The Morgan fingerprint density at radius 3 is 2.66 bits per heavy atom. The van der Waals surface area contributed by atoms with Crippen molar-refractivity contribution in [3.63, 3.8) is 0 Å². The number of nitrogens with zero attached hydrogens (tertiary/aromatic N) is 1. The van der Waals surface area contributed by atoms with Crippen molar-refractivity contribution in [2.24, 2.45) is 0 Å². The molecule has 2 N–H and O–H groups in total. The zero-order chi connectivity index (χ0) is 21.3. The fourth-order valence-electron chi connectivity index (χ4n) is 2.64. The van der Waals surface area contributed by atoms with E-state index in [9.17, 15) is 19.5 Å². The summed E-state index contributed by atoms with van der Waals surface area (Å²) in [6, 6.07) is 8.55. The Bertz CT molecular complexity index is 1070. The predicted octanol–water partition coefficient (Wildman–Crippen LogP) is 4.94. The van der Waals surface area contributed by atoms with Crippen molar-refractivity contribution < 1.29 is 19.5 Å². The third-order valence-electron chi connectivity index (χ3n) is 4.31. The molecule has 6 nitrogen and oxygen atoms in total. The SMILES string of the molecule is Cc1ccc(NC(=O)CN2C(=O)S/C(=C/c3cc(Cl)cc(I)c3O)C2=O)cc1C. The van der Waals surface area contributed by atoms with Gasteiger partial charge in [0.15, 0.2) is 0 Å². The first-order valence-corrected chi connectivity index (χ1v) is 10.7. The first kappa shape index (κ1) is 21.7. The van der Waals surface area contributed by atoms with Crippen molar-refractivity contribution in [1.82, 2.24) is 4.90 Å². The van der Waals surface area contributed by atoms with Crippen LogP contribution in [0.15, 0.2) is 35.2 Å². The van der Waals surface area contributed by atoms with Gasteiger partial charge in [-0.05, 0) is 89.7 Å². The van der Waals surface area contributed by atoms with Crippen LogP contribution in [0.2, 0.25) is 5.02 Å².